The van der Waals surface area contributed by atoms with Gasteiger partial charge in [0.2, 0.25) is 0 Å². The van der Waals surface area contributed by atoms with Gasteiger partial charge in [0.1, 0.15) is 0 Å². The Morgan fingerprint density at radius 3 is 1.79 bits per heavy atom. The Kier molecular flexibility index (Phi) is 12.5. The molecule has 0 aromatic heterocycles. The Hall–Kier alpha value is 1.33. The van der Waals surface area contributed by atoms with Gasteiger partial charge in [0.25, 0.3) is 0 Å². The van der Waals surface area contributed by atoms with Crippen LogP contribution in [-0.2, 0) is 9.47 Å². The summed E-state index contributed by atoms with van der Waals surface area (Å²) in [5.41, 5.74) is 0. The number of hydrogen-bond acceptors (Lipinski definition) is 2. The van der Waals surface area contributed by atoms with Crippen molar-refractivity contribution in [3.8, 4) is 0 Å². The van der Waals surface area contributed by atoms with Crippen LogP contribution in [0.3, 0.4) is 0 Å². The zero-order valence-electron chi connectivity index (χ0n) is 17.8. The zero-order valence-corrected chi connectivity index (χ0v) is 22.7. The molecule has 3 aliphatic carbocycles. The summed E-state index contributed by atoms with van der Waals surface area (Å²) in [6, 6.07) is 0. The molecule has 3 aliphatic rings. The molecule has 28 heavy (non-hydrogen) atoms. The molecule has 0 aromatic carbocycles. The summed E-state index contributed by atoms with van der Waals surface area (Å²) in [5.74, 6) is 1.69. The molecule has 3 saturated carbocycles. The average Bonchev–Trinajstić information content (AvgIpc) is 2.70. The number of alkyl halides is 2. The first-order valence-corrected chi connectivity index (χ1v) is 11.1. The predicted octanol–water partition coefficient (Wildman–Crippen LogP) is 3.01. The van der Waals surface area contributed by atoms with Crippen LogP contribution in [0, 0.1) is 24.2 Å². The van der Waals surface area contributed by atoms with Crippen molar-refractivity contribution in [3.63, 3.8) is 0 Å². The first-order chi connectivity index (χ1) is 13.2. The van der Waals surface area contributed by atoms with Crippen LogP contribution >= 0.6 is 0 Å². The van der Waals surface area contributed by atoms with Gasteiger partial charge in [-0.1, -0.05) is 25.0 Å². The number of rotatable bonds is 7. The third-order valence-corrected chi connectivity index (χ3v) is 6.76. The summed E-state index contributed by atoms with van der Waals surface area (Å²) in [5, 5.41) is 0. The van der Waals surface area contributed by atoms with Crippen molar-refractivity contribution < 1.29 is 76.4 Å². The largest absolute Gasteiger partial charge is 1.00 e. The van der Waals surface area contributed by atoms with E-state index in [2.05, 4.69) is 25.5 Å². The van der Waals surface area contributed by atoms with E-state index < -0.39 is 24.6 Å². The summed E-state index contributed by atoms with van der Waals surface area (Å²) in [6.07, 6.45) is 12.7. The Balaban J connectivity index is 0.00000280. The standard InChI is InChI=1S/C23H37F2O2.Rb/c1-2-6-17-9-11-19(12-10-17)16-27-21-14-13-20(22(24)23(21)25)26-15-18-7-4-3-5-8-18;/h2-3,6,17-23H,4-5,7-16H2,1H3;/q-1;+1/b6-2+;. The van der Waals surface area contributed by atoms with Crippen molar-refractivity contribution in [2.75, 3.05) is 13.2 Å². The normalized spacial score (nSPS) is 37.7. The van der Waals surface area contributed by atoms with Gasteiger partial charge in [-0.2, -0.15) is 12.8 Å². The van der Waals surface area contributed by atoms with Gasteiger partial charge in [-0.25, -0.2) is 8.78 Å². The van der Waals surface area contributed by atoms with Gasteiger partial charge in [-0.3, -0.25) is 0 Å². The second-order valence-corrected chi connectivity index (χ2v) is 8.83. The third kappa shape index (κ3) is 7.78. The summed E-state index contributed by atoms with van der Waals surface area (Å²) >= 11 is 0. The van der Waals surface area contributed by atoms with E-state index >= 15 is 0 Å². The summed E-state index contributed by atoms with van der Waals surface area (Å²) < 4.78 is 40.8. The quantitative estimate of drug-likeness (QED) is 0.422. The SMILES string of the molecule is C/C=C/C1CCC(COC2CCC(OCC3CC[CH-]CC3)C(F)C2F)CC1.[Rb+]. The second-order valence-electron chi connectivity index (χ2n) is 8.83. The van der Waals surface area contributed by atoms with Gasteiger partial charge in [0.05, 0.1) is 12.2 Å². The minimum atomic E-state index is -1.55. The number of hydrogen-bond donors (Lipinski definition) is 0. The molecule has 156 valence electrons. The number of allylic oxidation sites excluding steroid dienone is 2. The fraction of sp³-hybridized carbons (Fsp3) is 0.870. The molecule has 0 N–H and O–H groups in total. The molecule has 0 aliphatic heterocycles. The van der Waals surface area contributed by atoms with Crippen LogP contribution in [0.5, 0.6) is 0 Å². The van der Waals surface area contributed by atoms with Crippen molar-refractivity contribution in [3.05, 3.63) is 18.6 Å². The molecule has 2 nitrogen and oxygen atoms in total. The minimum Gasteiger partial charge on any atom is -0.375 e. The van der Waals surface area contributed by atoms with Gasteiger partial charge in [-0.15, -0.1) is 0 Å². The minimum absolute atomic E-state index is 0. The molecule has 3 rings (SSSR count). The summed E-state index contributed by atoms with van der Waals surface area (Å²) in [7, 11) is 0. The van der Waals surface area contributed by atoms with E-state index in [0.717, 1.165) is 38.5 Å². The van der Waals surface area contributed by atoms with Crippen LogP contribution in [0.25, 0.3) is 0 Å². The van der Waals surface area contributed by atoms with Gasteiger partial charge in [-0.05, 0) is 63.2 Å². The van der Waals surface area contributed by atoms with Crippen molar-refractivity contribution in [2.24, 2.45) is 17.8 Å². The Morgan fingerprint density at radius 1 is 0.786 bits per heavy atom. The smallest absolute Gasteiger partial charge is 0.375 e. The molecule has 0 heterocycles. The molecule has 4 unspecified atom stereocenters. The monoisotopic (exact) mass is 468 g/mol. The van der Waals surface area contributed by atoms with Crippen LogP contribution in [0.2, 0.25) is 0 Å². The zero-order chi connectivity index (χ0) is 19.1. The van der Waals surface area contributed by atoms with Crippen molar-refractivity contribution in [1.29, 1.82) is 0 Å². The van der Waals surface area contributed by atoms with E-state index in [1.165, 1.54) is 12.8 Å². The van der Waals surface area contributed by atoms with Gasteiger partial charge in [0, 0.05) is 13.2 Å². The van der Waals surface area contributed by atoms with E-state index in [0.29, 0.717) is 43.8 Å². The topological polar surface area (TPSA) is 18.5 Å². The molecule has 0 saturated heterocycles. The fourth-order valence-corrected chi connectivity index (χ4v) is 4.91. The van der Waals surface area contributed by atoms with Crippen LogP contribution in [0.4, 0.5) is 8.78 Å². The Morgan fingerprint density at radius 2 is 1.29 bits per heavy atom. The predicted molar refractivity (Wildman–Crippen MR) is 105 cm³/mol. The third-order valence-electron chi connectivity index (χ3n) is 6.76. The van der Waals surface area contributed by atoms with E-state index in [1.807, 2.05) is 0 Å². The molecule has 5 heteroatoms. The molecule has 0 spiro atoms. The molecular weight excluding hydrogens is 432 g/mol. The Bertz CT molecular complexity index is 448. The molecule has 0 bridgehead atoms. The first-order valence-electron chi connectivity index (χ1n) is 11.1. The molecule has 0 amide bonds. The number of ether oxygens (including phenoxy) is 2. The van der Waals surface area contributed by atoms with Crippen molar-refractivity contribution in [1.82, 2.24) is 0 Å². The first kappa shape index (κ1) is 25.6. The van der Waals surface area contributed by atoms with Gasteiger partial charge >= 0.3 is 58.2 Å². The van der Waals surface area contributed by atoms with E-state index in [1.54, 1.807) is 0 Å². The van der Waals surface area contributed by atoms with Crippen LogP contribution < -0.4 is 58.2 Å². The van der Waals surface area contributed by atoms with Crippen LogP contribution in [0.1, 0.15) is 71.1 Å². The van der Waals surface area contributed by atoms with Gasteiger partial charge < -0.3 is 15.9 Å². The molecule has 0 radical (unpaired) electrons. The van der Waals surface area contributed by atoms with Crippen LogP contribution in [0.15, 0.2) is 12.2 Å². The molecule has 3 fully saturated rings. The fourth-order valence-electron chi connectivity index (χ4n) is 4.91. The van der Waals surface area contributed by atoms with E-state index in [9.17, 15) is 8.78 Å². The summed E-state index contributed by atoms with van der Waals surface area (Å²) in [6.45, 7) is 3.22. The molecule has 4 atom stereocenters. The summed E-state index contributed by atoms with van der Waals surface area (Å²) in [4.78, 5) is 0. The van der Waals surface area contributed by atoms with Crippen molar-refractivity contribution >= 4 is 0 Å². The maximum absolute atomic E-state index is 14.6. The molecular formula is C23H37F2O2Rb. The average molecular weight is 469 g/mol. The molecule has 0 aromatic rings. The number of halogens is 2. The maximum atomic E-state index is 14.6. The van der Waals surface area contributed by atoms with E-state index in [-0.39, 0.29) is 58.2 Å². The second kappa shape index (κ2) is 13.7. The van der Waals surface area contributed by atoms with Gasteiger partial charge in [0.15, 0.2) is 12.3 Å². The Labute approximate surface area is 219 Å². The van der Waals surface area contributed by atoms with Crippen molar-refractivity contribution in [2.45, 2.75) is 95.7 Å². The van der Waals surface area contributed by atoms with E-state index in [4.69, 9.17) is 9.47 Å². The maximum Gasteiger partial charge on any atom is 1.00 e. The van der Waals surface area contributed by atoms with Crippen LogP contribution in [-0.4, -0.2) is 37.8 Å².